The zero-order valence-corrected chi connectivity index (χ0v) is 13.9. The van der Waals surface area contributed by atoms with E-state index in [0.29, 0.717) is 13.2 Å². The van der Waals surface area contributed by atoms with Crippen LogP contribution in [-0.2, 0) is 15.9 Å². The summed E-state index contributed by atoms with van der Waals surface area (Å²) in [6.07, 6.45) is 0.493. The van der Waals surface area contributed by atoms with Crippen LogP contribution < -0.4 is 5.32 Å². The van der Waals surface area contributed by atoms with Gasteiger partial charge in [0.05, 0.1) is 6.04 Å². The number of benzene rings is 1. The minimum Gasteiger partial charge on any atom is -0.351 e. The van der Waals surface area contributed by atoms with E-state index < -0.39 is 0 Å². The number of ether oxygens (including phenoxy) is 2. The third-order valence-corrected chi connectivity index (χ3v) is 3.66. The summed E-state index contributed by atoms with van der Waals surface area (Å²) in [7, 11) is 1.91. The molecule has 0 aromatic heterocycles. The van der Waals surface area contributed by atoms with E-state index in [1.54, 1.807) is 0 Å². The molecule has 1 unspecified atom stereocenters. The van der Waals surface area contributed by atoms with Gasteiger partial charge in [-0.3, -0.25) is 0 Å². The average Bonchev–Trinajstić information content (AvgIpc) is 2.38. The van der Waals surface area contributed by atoms with Crippen LogP contribution in [0.3, 0.4) is 0 Å². The maximum absolute atomic E-state index is 6.25. The van der Waals surface area contributed by atoms with E-state index in [2.05, 4.69) is 21.2 Å². The second-order valence-corrected chi connectivity index (χ2v) is 5.44. The van der Waals surface area contributed by atoms with Gasteiger partial charge < -0.3 is 14.8 Å². The van der Waals surface area contributed by atoms with Crippen molar-refractivity contribution in [2.45, 2.75) is 32.6 Å². The monoisotopic (exact) mass is 349 g/mol. The third kappa shape index (κ3) is 5.40. The third-order valence-electron chi connectivity index (χ3n) is 2.82. The van der Waals surface area contributed by atoms with Crippen molar-refractivity contribution in [3.8, 4) is 0 Å². The van der Waals surface area contributed by atoms with E-state index in [-0.39, 0.29) is 12.3 Å². The lowest BCUT2D eigenvalue weighted by Gasteiger charge is -2.26. The normalized spacial score (nSPS) is 12.9. The molecule has 0 fully saturated rings. The highest BCUT2D eigenvalue weighted by atomic mass is 79.9. The lowest BCUT2D eigenvalue weighted by Crippen LogP contribution is -2.43. The highest BCUT2D eigenvalue weighted by Crippen LogP contribution is 2.23. The molecule has 1 aromatic carbocycles. The number of hydrogen-bond donors (Lipinski definition) is 1. The Balaban J connectivity index is 2.78. The summed E-state index contributed by atoms with van der Waals surface area (Å²) in [5.74, 6) is 0. The van der Waals surface area contributed by atoms with Gasteiger partial charge in [0.1, 0.15) is 0 Å². The summed E-state index contributed by atoms with van der Waals surface area (Å²) in [4.78, 5) is 0. The van der Waals surface area contributed by atoms with Crippen LogP contribution in [0.5, 0.6) is 0 Å². The molecular formula is C14H21BrClNO2. The van der Waals surface area contributed by atoms with Crippen LogP contribution >= 0.6 is 27.5 Å². The molecule has 19 heavy (non-hydrogen) atoms. The van der Waals surface area contributed by atoms with Gasteiger partial charge in [-0.2, -0.15) is 0 Å². The molecule has 0 amide bonds. The molecule has 0 aliphatic rings. The van der Waals surface area contributed by atoms with Gasteiger partial charge in [0, 0.05) is 22.7 Å². The van der Waals surface area contributed by atoms with E-state index in [4.69, 9.17) is 21.1 Å². The van der Waals surface area contributed by atoms with Gasteiger partial charge in [0.25, 0.3) is 0 Å². The van der Waals surface area contributed by atoms with Gasteiger partial charge in [0.2, 0.25) is 0 Å². The van der Waals surface area contributed by atoms with Crippen LogP contribution in [-0.4, -0.2) is 32.6 Å². The first kappa shape index (κ1) is 16.9. The Kier molecular flexibility index (Phi) is 7.95. The first-order chi connectivity index (χ1) is 9.12. The van der Waals surface area contributed by atoms with Gasteiger partial charge in [-0.15, -0.1) is 0 Å². The number of rotatable bonds is 8. The number of likely N-dealkylation sites (N-methyl/N-ethyl adjacent to an activating group) is 1. The lowest BCUT2D eigenvalue weighted by atomic mass is 10.1. The zero-order valence-electron chi connectivity index (χ0n) is 11.6. The van der Waals surface area contributed by atoms with Crippen molar-refractivity contribution in [2.75, 3.05) is 20.3 Å². The van der Waals surface area contributed by atoms with Gasteiger partial charge in [-0.25, -0.2) is 0 Å². The fraction of sp³-hybridized carbons (Fsp3) is 0.571. The molecule has 5 heteroatoms. The average molecular weight is 351 g/mol. The maximum Gasteiger partial charge on any atom is 0.172 e. The fourth-order valence-corrected chi connectivity index (χ4v) is 2.62. The predicted molar refractivity (Wildman–Crippen MR) is 82.7 cm³/mol. The molecule has 108 valence electrons. The lowest BCUT2D eigenvalue weighted by molar-refractivity contribution is -0.152. The highest BCUT2D eigenvalue weighted by Gasteiger charge is 2.22. The van der Waals surface area contributed by atoms with Crippen LogP contribution in [0.4, 0.5) is 0 Å². The first-order valence-electron chi connectivity index (χ1n) is 6.46. The van der Waals surface area contributed by atoms with Crippen LogP contribution in [0.15, 0.2) is 22.7 Å². The highest BCUT2D eigenvalue weighted by molar-refractivity contribution is 9.10. The summed E-state index contributed by atoms with van der Waals surface area (Å²) in [6, 6.07) is 5.98. The SMILES string of the molecule is CCOC(OCC)C(Cc1ccc(Br)cc1Cl)NC. The Morgan fingerprint density at radius 1 is 1.26 bits per heavy atom. The van der Waals surface area contributed by atoms with Crippen molar-refractivity contribution in [1.82, 2.24) is 5.32 Å². The Morgan fingerprint density at radius 2 is 1.89 bits per heavy atom. The van der Waals surface area contributed by atoms with Gasteiger partial charge in [-0.05, 0) is 45.0 Å². The van der Waals surface area contributed by atoms with Crippen molar-refractivity contribution in [3.05, 3.63) is 33.3 Å². The molecule has 1 aromatic rings. The van der Waals surface area contributed by atoms with E-state index >= 15 is 0 Å². The summed E-state index contributed by atoms with van der Waals surface area (Å²) < 4.78 is 12.2. The molecule has 0 heterocycles. The molecule has 0 aliphatic heterocycles. The number of nitrogens with one attached hydrogen (secondary N) is 1. The first-order valence-corrected chi connectivity index (χ1v) is 7.63. The van der Waals surface area contributed by atoms with E-state index in [0.717, 1.165) is 21.5 Å². The Labute approximate surface area is 128 Å². The molecule has 0 spiro atoms. The molecule has 1 atom stereocenters. The number of halogens is 2. The van der Waals surface area contributed by atoms with Gasteiger partial charge in [-0.1, -0.05) is 33.6 Å². The molecule has 0 aliphatic carbocycles. The van der Waals surface area contributed by atoms with Crippen molar-refractivity contribution < 1.29 is 9.47 Å². The van der Waals surface area contributed by atoms with Gasteiger partial charge >= 0.3 is 0 Å². The minimum absolute atomic E-state index is 0.0681. The second kappa shape index (κ2) is 8.93. The van der Waals surface area contributed by atoms with Crippen molar-refractivity contribution >= 4 is 27.5 Å². The van der Waals surface area contributed by atoms with E-state index in [1.165, 1.54) is 0 Å². The summed E-state index contributed by atoms with van der Waals surface area (Å²) >= 11 is 9.66. The molecule has 0 radical (unpaired) electrons. The Morgan fingerprint density at radius 3 is 2.37 bits per heavy atom. The van der Waals surface area contributed by atoms with Gasteiger partial charge in [0.15, 0.2) is 6.29 Å². The molecule has 0 saturated heterocycles. The summed E-state index contributed by atoms with van der Waals surface area (Å²) in [6.45, 7) is 5.17. The molecule has 0 saturated carbocycles. The predicted octanol–water partition coefficient (Wildman–Crippen LogP) is 3.63. The Hall–Kier alpha value is -0.130. The fourth-order valence-electron chi connectivity index (χ4n) is 1.87. The van der Waals surface area contributed by atoms with Crippen molar-refractivity contribution in [1.29, 1.82) is 0 Å². The molecule has 0 bridgehead atoms. The smallest absolute Gasteiger partial charge is 0.172 e. The maximum atomic E-state index is 6.25. The largest absolute Gasteiger partial charge is 0.351 e. The zero-order chi connectivity index (χ0) is 14.3. The Bertz CT molecular complexity index is 384. The van der Waals surface area contributed by atoms with Crippen molar-refractivity contribution in [2.24, 2.45) is 0 Å². The molecule has 3 nitrogen and oxygen atoms in total. The molecule has 1 rings (SSSR count). The summed E-state index contributed by atoms with van der Waals surface area (Å²) in [5.41, 5.74) is 1.08. The second-order valence-electron chi connectivity index (χ2n) is 4.11. The van der Waals surface area contributed by atoms with Crippen LogP contribution in [0, 0.1) is 0 Å². The molecule has 1 N–H and O–H groups in total. The quantitative estimate of drug-likeness (QED) is 0.726. The van der Waals surface area contributed by atoms with E-state index in [1.807, 2.05) is 39.1 Å². The minimum atomic E-state index is -0.264. The van der Waals surface area contributed by atoms with Crippen LogP contribution in [0.25, 0.3) is 0 Å². The number of hydrogen-bond acceptors (Lipinski definition) is 3. The standard InChI is InChI=1S/C14H21BrClNO2/c1-4-18-14(19-5-2)13(17-3)8-10-6-7-11(15)9-12(10)16/h6-7,9,13-14,17H,4-5,8H2,1-3H3. The van der Waals surface area contributed by atoms with Crippen LogP contribution in [0.2, 0.25) is 5.02 Å². The van der Waals surface area contributed by atoms with Crippen LogP contribution in [0.1, 0.15) is 19.4 Å². The van der Waals surface area contributed by atoms with E-state index in [9.17, 15) is 0 Å². The summed E-state index contributed by atoms with van der Waals surface area (Å²) in [5, 5.41) is 3.99. The topological polar surface area (TPSA) is 30.5 Å². The molecular weight excluding hydrogens is 330 g/mol. The van der Waals surface area contributed by atoms with Crippen molar-refractivity contribution in [3.63, 3.8) is 0 Å².